The van der Waals surface area contributed by atoms with E-state index in [1.54, 1.807) is 17.0 Å². The molecule has 1 aromatic carbocycles. The summed E-state index contributed by atoms with van der Waals surface area (Å²) in [5.41, 5.74) is 2.14. The molecule has 154 valence electrons. The van der Waals surface area contributed by atoms with Gasteiger partial charge in [-0.2, -0.15) is 13.9 Å². The molecule has 29 heavy (non-hydrogen) atoms. The molecule has 10 heteroatoms. The van der Waals surface area contributed by atoms with E-state index >= 15 is 0 Å². The Balaban J connectivity index is 1.73. The highest BCUT2D eigenvalue weighted by Crippen LogP contribution is 2.27. The molecule has 0 saturated carbocycles. The molecule has 3 aromatic rings. The van der Waals surface area contributed by atoms with Crippen molar-refractivity contribution in [1.29, 1.82) is 0 Å². The lowest BCUT2D eigenvalue weighted by Gasteiger charge is -2.11. The Morgan fingerprint density at radius 1 is 1.21 bits per heavy atom. The summed E-state index contributed by atoms with van der Waals surface area (Å²) in [5.74, 6) is -3.68. The van der Waals surface area contributed by atoms with Crippen LogP contribution in [0.3, 0.4) is 0 Å². The predicted molar refractivity (Wildman–Crippen MR) is 101 cm³/mol. The number of sulfone groups is 1. The van der Waals surface area contributed by atoms with Crippen LogP contribution in [0.15, 0.2) is 52.0 Å². The molecule has 1 N–H and O–H groups in total. The molecule has 0 bridgehead atoms. The number of furan rings is 1. The zero-order valence-corrected chi connectivity index (χ0v) is 16.5. The third kappa shape index (κ3) is 4.07. The molecule has 0 aliphatic heterocycles. The molecule has 0 aliphatic rings. The van der Waals surface area contributed by atoms with Crippen LogP contribution in [0.5, 0.6) is 0 Å². The second-order valence-corrected chi connectivity index (χ2v) is 8.19. The average molecular weight is 423 g/mol. The van der Waals surface area contributed by atoms with Crippen LogP contribution in [0.1, 0.15) is 21.7 Å². The molecular weight excluding hydrogens is 404 g/mol. The fourth-order valence-corrected chi connectivity index (χ4v) is 3.99. The number of hydrogen-bond donors (Lipinski definition) is 1. The van der Waals surface area contributed by atoms with E-state index in [4.69, 9.17) is 4.42 Å². The van der Waals surface area contributed by atoms with Gasteiger partial charge in [0.25, 0.3) is 5.91 Å². The Hall–Kier alpha value is -3.01. The molecule has 2 aromatic heterocycles. The molecule has 0 radical (unpaired) electrons. The number of benzene rings is 1. The lowest BCUT2D eigenvalue weighted by Crippen LogP contribution is -2.29. The molecule has 0 saturated heterocycles. The number of carbonyl (C=O) groups excluding carboxylic acids is 1. The monoisotopic (exact) mass is 423 g/mol. The number of aryl methyl sites for hydroxylation is 1. The first-order valence-corrected chi connectivity index (χ1v) is 10.2. The second kappa shape index (κ2) is 8.16. The molecule has 2 heterocycles. The first kappa shape index (κ1) is 20.7. The highest BCUT2D eigenvalue weighted by atomic mass is 32.2. The van der Waals surface area contributed by atoms with E-state index in [1.165, 1.54) is 18.2 Å². The van der Waals surface area contributed by atoms with Crippen molar-refractivity contribution in [3.63, 3.8) is 0 Å². The van der Waals surface area contributed by atoms with Crippen LogP contribution in [-0.4, -0.2) is 36.4 Å². The summed E-state index contributed by atoms with van der Waals surface area (Å²) in [6, 6.07) is 8.49. The standard InChI is InChI=1S/C19H19F2N3O4S/c1-12-17(15-7-5-11-28-15)13(2)24(23-12)10-9-22-18(25)14-6-3-4-8-16(14)29(26,27)19(20)21/h3-8,11,19H,9-10H2,1-2H3,(H,22,25). The number of aromatic nitrogens is 2. The van der Waals surface area contributed by atoms with Crippen molar-refractivity contribution in [1.82, 2.24) is 15.1 Å². The molecule has 1 amide bonds. The second-order valence-electron chi connectivity index (χ2n) is 6.30. The van der Waals surface area contributed by atoms with E-state index in [2.05, 4.69) is 10.4 Å². The number of halogens is 2. The predicted octanol–water partition coefficient (Wildman–Crippen LogP) is 3.19. The van der Waals surface area contributed by atoms with E-state index in [0.717, 1.165) is 23.0 Å². The molecule has 0 unspecified atom stereocenters. The summed E-state index contributed by atoms with van der Waals surface area (Å²) in [4.78, 5) is 11.7. The minimum atomic E-state index is -4.89. The van der Waals surface area contributed by atoms with Crippen LogP contribution in [0.2, 0.25) is 0 Å². The van der Waals surface area contributed by atoms with Crippen molar-refractivity contribution in [2.24, 2.45) is 0 Å². The summed E-state index contributed by atoms with van der Waals surface area (Å²) in [7, 11) is -4.89. The Labute approximate surface area is 166 Å². The van der Waals surface area contributed by atoms with Crippen LogP contribution < -0.4 is 5.32 Å². The highest BCUT2D eigenvalue weighted by molar-refractivity contribution is 7.91. The normalized spacial score (nSPS) is 11.8. The van der Waals surface area contributed by atoms with Gasteiger partial charge in [-0.05, 0) is 38.1 Å². The summed E-state index contributed by atoms with van der Waals surface area (Å²) in [5, 5.41) is 6.98. The summed E-state index contributed by atoms with van der Waals surface area (Å²) in [6.45, 7) is 4.14. The van der Waals surface area contributed by atoms with Crippen molar-refractivity contribution in [2.45, 2.75) is 31.0 Å². The first-order valence-electron chi connectivity index (χ1n) is 8.70. The van der Waals surface area contributed by atoms with Crippen LogP contribution in [0.4, 0.5) is 8.78 Å². The van der Waals surface area contributed by atoms with Gasteiger partial charge in [0.05, 0.1) is 34.5 Å². The fourth-order valence-electron chi connectivity index (χ4n) is 3.06. The van der Waals surface area contributed by atoms with Gasteiger partial charge in [-0.15, -0.1) is 0 Å². The van der Waals surface area contributed by atoms with Gasteiger partial charge < -0.3 is 9.73 Å². The Kier molecular flexibility index (Phi) is 5.83. The number of hydrogen-bond acceptors (Lipinski definition) is 5. The molecule has 0 spiro atoms. The van der Waals surface area contributed by atoms with Gasteiger partial charge in [0.1, 0.15) is 5.76 Å². The Morgan fingerprint density at radius 3 is 2.59 bits per heavy atom. The maximum Gasteiger partial charge on any atom is 0.341 e. The molecule has 0 aliphatic carbocycles. The zero-order chi connectivity index (χ0) is 21.2. The van der Waals surface area contributed by atoms with E-state index < -0.39 is 26.4 Å². The first-order chi connectivity index (χ1) is 13.7. The SMILES string of the molecule is Cc1nn(CCNC(=O)c2ccccc2S(=O)(=O)C(F)F)c(C)c1-c1ccco1. The van der Waals surface area contributed by atoms with Crippen molar-refractivity contribution in [3.8, 4) is 11.3 Å². The van der Waals surface area contributed by atoms with Gasteiger partial charge in [0.2, 0.25) is 9.84 Å². The summed E-state index contributed by atoms with van der Waals surface area (Å²) >= 11 is 0. The van der Waals surface area contributed by atoms with Gasteiger partial charge in [0, 0.05) is 12.2 Å². The highest BCUT2D eigenvalue weighted by Gasteiger charge is 2.30. The van der Waals surface area contributed by atoms with Crippen molar-refractivity contribution in [3.05, 3.63) is 59.6 Å². The average Bonchev–Trinajstić information content (AvgIpc) is 3.29. The number of amides is 1. The van der Waals surface area contributed by atoms with Gasteiger partial charge in [0.15, 0.2) is 0 Å². The smallest absolute Gasteiger partial charge is 0.341 e. The summed E-state index contributed by atoms with van der Waals surface area (Å²) in [6.07, 6.45) is 1.57. The van der Waals surface area contributed by atoms with Gasteiger partial charge in [-0.3, -0.25) is 9.48 Å². The number of alkyl halides is 2. The molecule has 3 rings (SSSR count). The Morgan fingerprint density at radius 2 is 1.93 bits per heavy atom. The zero-order valence-electron chi connectivity index (χ0n) is 15.7. The Bertz CT molecular complexity index is 1120. The third-order valence-corrected chi connectivity index (χ3v) is 5.87. The number of carbonyl (C=O) groups is 1. The largest absolute Gasteiger partial charge is 0.464 e. The van der Waals surface area contributed by atoms with Crippen LogP contribution >= 0.6 is 0 Å². The molecule has 0 atom stereocenters. The number of nitrogens with zero attached hydrogens (tertiary/aromatic N) is 2. The van der Waals surface area contributed by atoms with Crippen LogP contribution in [0, 0.1) is 13.8 Å². The van der Waals surface area contributed by atoms with Gasteiger partial charge in [-0.1, -0.05) is 12.1 Å². The van der Waals surface area contributed by atoms with E-state index in [1.807, 2.05) is 19.9 Å². The molecule has 0 fully saturated rings. The van der Waals surface area contributed by atoms with Crippen LogP contribution in [0.25, 0.3) is 11.3 Å². The minimum Gasteiger partial charge on any atom is -0.464 e. The maximum absolute atomic E-state index is 12.9. The third-order valence-electron chi connectivity index (χ3n) is 4.43. The summed E-state index contributed by atoms with van der Waals surface area (Å²) < 4.78 is 56.5. The molecule has 7 nitrogen and oxygen atoms in total. The number of rotatable bonds is 7. The lowest BCUT2D eigenvalue weighted by molar-refractivity contribution is 0.0948. The lowest BCUT2D eigenvalue weighted by atomic mass is 10.1. The van der Waals surface area contributed by atoms with Gasteiger partial charge >= 0.3 is 5.76 Å². The van der Waals surface area contributed by atoms with Gasteiger partial charge in [-0.25, -0.2) is 8.42 Å². The number of nitrogens with one attached hydrogen (secondary N) is 1. The minimum absolute atomic E-state index is 0.126. The van der Waals surface area contributed by atoms with Crippen molar-refractivity contribution < 1.29 is 26.4 Å². The molecular formula is C19H19F2N3O4S. The fraction of sp³-hybridized carbons (Fsp3) is 0.263. The van der Waals surface area contributed by atoms with E-state index in [9.17, 15) is 22.0 Å². The van der Waals surface area contributed by atoms with Crippen LogP contribution in [-0.2, 0) is 16.4 Å². The maximum atomic E-state index is 12.9. The topological polar surface area (TPSA) is 94.2 Å². The quantitative estimate of drug-likeness (QED) is 0.630. The van der Waals surface area contributed by atoms with Crippen molar-refractivity contribution >= 4 is 15.7 Å². The van der Waals surface area contributed by atoms with E-state index in [-0.39, 0.29) is 12.1 Å². The van der Waals surface area contributed by atoms with E-state index in [0.29, 0.717) is 12.3 Å². The van der Waals surface area contributed by atoms with Crippen molar-refractivity contribution in [2.75, 3.05) is 6.54 Å².